The van der Waals surface area contributed by atoms with Gasteiger partial charge in [-0.3, -0.25) is 13.9 Å². The number of rotatable bonds is 9. The number of aryl methyl sites for hydroxylation is 2. The summed E-state index contributed by atoms with van der Waals surface area (Å²) in [5, 5.41) is 2.86. The van der Waals surface area contributed by atoms with Crippen molar-refractivity contribution in [3.05, 3.63) is 95.1 Å². The van der Waals surface area contributed by atoms with Gasteiger partial charge < -0.3 is 10.2 Å². The quantitative estimate of drug-likeness (QED) is 0.477. The van der Waals surface area contributed by atoms with Crippen LogP contribution in [0.15, 0.2) is 77.7 Å². The Balaban J connectivity index is 1.50. The molecule has 0 aromatic heterocycles. The van der Waals surface area contributed by atoms with E-state index < -0.39 is 15.9 Å². The van der Waals surface area contributed by atoms with E-state index in [0.29, 0.717) is 18.7 Å². The van der Waals surface area contributed by atoms with E-state index in [1.807, 2.05) is 55.1 Å². The monoisotopic (exact) mass is 505 g/mol. The second kappa shape index (κ2) is 11.0. The molecule has 0 radical (unpaired) electrons. The van der Waals surface area contributed by atoms with Crippen LogP contribution >= 0.6 is 0 Å². The van der Waals surface area contributed by atoms with Crippen LogP contribution in [0.1, 0.15) is 35.1 Å². The third kappa shape index (κ3) is 5.94. The highest BCUT2D eigenvalue weighted by molar-refractivity contribution is 7.92. The van der Waals surface area contributed by atoms with E-state index in [2.05, 4.69) is 5.32 Å². The Morgan fingerprint density at radius 1 is 0.972 bits per heavy atom. The predicted molar refractivity (Wildman–Crippen MR) is 140 cm³/mol. The van der Waals surface area contributed by atoms with Crippen LogP contribution in [-0.4, -0.2) is 38.2 Å². The van der Waals surface area contributed by atoms with Crippen molar-refractivity contribution in [3.63, 3.8) is 0 Å². The van der Waals surface area contributed by atoms with Gasteiger partial charge in [0.2, 0.25) is 11.8 Å². The predicted octanol–water partition coefficient (Wildman–Crippen LogP) is 3.94. The Hall–Kier alpha value is -3.65. The van der Waals surface area contributed by atoms with Gasteiger partial charge in [0.25, 0.3) is 10.0 Å². The molecule has 1 aliphatic heterocycles. The number of nitrogens with zero attached hydrogens (tertiary/aromatic N) is 2. The number of likely N-dealkylation sites (tertiary alicyclic amines) is 1. The van der Waals surface area contributed by atoms with Gasteiger partial charge >= 0.3 is 0 Å². The van der Waals surface area contributed by atoms with Gasteiger partial charge in [-0.2, -0.15) is 0 Å². The molecule has 1 heterocycles. The van der Waals surface area contributed by atoms with Crippen molar-refractivity contribution < 1.29 is 18.0 Å². The van der Waals surface area contributed by atoms with Gasteiger partial charge in [-0.15, -0.1) is 0 Å². The largest absolute Gasteiger partial charge is 0.350 e. The molecule has 0 spiro atoms. The smallest absolute Gasteiger partial charge is 0.264 e. The topological polar surface area (TPSA) is 86.8 Å². The van der Waals surface area contributed by atoms with Gasteiger partial charge in [0.1, 0.15) is 6.54 Å². The van der Waals surface area contributed by atoms with Crippen LogP contribution in [0, 0.1) is 13.8 Å². The highest BCUT2D eigenvalue weighted by Gasteiger charge is 2.28. The van der Waals surface area contributed by atoms with Crippen molar-refractivity contribution in [2.24, 2.45) is 0 Å². The minimum absolute atomic E-state index is 0.127. The van der Waals surface area contributed by atoms with Crippen molar-refractivity contribution in [2.75, 3.05) is 17.4 Å². The summed E-state index contributed by atoms with van der Waals surface area (Å²) in [5.41, 5.74) is 4.13. The third-order valence-electron chi connectivity index (χ3n) is 6.27. The summed E-state index contributed by atoms with van der Waals surface area (Å²) in [6.45, 7) is 5.01. The SMILES string of the molecule is Cc1ccc(N(CC(=O)NCc2cccc(CN3CCCC3=O)c2)S(=O)(=O)c2ccccc2)c(C)c1. The van der Waals surface area contributed by atoms with Gasteiger partial charge in [0, 0.05) is 26.1 Å². The number of carbonyl (C=O) groups is 2. The Labute approximate surface area is 212 Å². The maximum absolute atomic E-state index is 13.5. The summed E-state index contributed by atoms with van der Waals surface area (Å²) in [4.78, 5) is 26.9. The minimum atomic E-state index is -3.96. The second-order valence-electron chi connectivity index (χ2n) is 9.13. The van der Waals surface area contributed by atoms with E-state index >= 15 is 0 Å². The number of amides is 2. The molecule has 2 amide bonds. The highest BCUT2D eigenvalue weighted by Crippen LogP contribution is 2.27. The number of carbonyl (C=O) groups excluding carboxylic acids is 2. The summed E-state index contributed by atoms with van der Waals surface area (Å²) >= 11 is 0. The second-order valence-corrected chi connectivity index (χ2v) is 11.0. The third-order valence-corrected chi connectivity index (χ3v) is 8.04. The lowest BCUT2D eigenvalue weighted by Crippen LogP contribution is -2.41. The van der Waals surface area contributed by atoms with E-state index in [-0.39, 0.29) is 23.9 Å². The number of anilines is 1. The standard InChI is InChI=1S/C28H31N3O4S/c1-21-13-14-26(22(2)16-21)31(36(34,35)25-10-4-3-5-11-25)20-27(32)29-18-23-8-6-9-24(17-23)19-30-15-7-12-28(30)33/h3-6,8-11,13-14,16-17H,7,12,15,18-20H2,1-2H3,(H,29,32). The van der Waals surface area contributed by atoms with Gasteiger partial charge in [-0.05, 0) is 55.2 Å². The fourth-order valence-electron chi connectivity index (χ4n) is 4.42. The van der Waals surface area contributed by atoms with Crippen molar-refractivity contribution >= 4 is 27.5 Å². The molecule has 1 aliphatic rings. The van der Waals surface area contributed by atoms with Gasteiger partial charge in [0.05, 0.1) is 10.6 Å². The van der Waals surface area contributed by atoms with E-state index in [9.17, 15) is 18.0 Å². The summed E-state index contributed by atoms with van der Waals surface area (Å²) in [6, 6.07) is 21.3. The highest BCUT2D eigenvalue weighted by atomic mass is 32.2. The number of nitrogens with one attached hydrogen (secondary N) is 1. The van der Waals surface area contributed by atoms with Gasteiger partial charge in [0.15, 0.2) is 0 Å². The van der Waals surface area contributed by atoms with Crippen LogP contribution in [-0.2, 0) is 32.7 Å². The molecule has 188 valence electrons. The van der Waals surface area contributed by atoms with Crippen LogP contribution in [0.5, 0.6) is 0 Å². The fourth-order valence-corrected chi connectivity index (χ4v) is 5.93. The van der Waals surface area contributed by atoms with Crippen LogP contribution in [0.3, 0.4) is 0 Å². The summed E-state index contributed by atoms with van der Waals surface area (Å²) in [6.07, 6.45) is 1.48. The molecule has 0 saturated carbocycles. The normalized spacial score (nSPS) is 13.6. The lowest BCUT2D eigenvalue weighted by atomic mass is 10.1. The Morgan fingerprint density at radius 2 is 1.72 bits per heavy atom. The molecule has 1 N–H and O–H groups in total. The van der Waals surface area contributed by atoms with Crippen LogP contribution in [0.2, 0.25) is 0 Å². The van der Waals surface area contributed by atoms with Gasteiger partial charge in [-0.1, -0.05) is 60.2 Å². The minimum Gasteiger partial charge on any atom is -0.350 e. The Bertz CT molecular complexity index is 1360. The molecular formula is C28H31N3O4S. The zero-order chi connectivity index (χ0) is 25.7. The molecule has 1 saturated heterocycles. The average Bonchev–Trinajstić information content (AvgIpc) is 3.26. The number of benzene rings is 3. The molecule has 4 rings (SSSR count). The molecule has 3 aromatic carbocycles. The summed E-state index contributed by atoms with van der Waals surface area (Å²) in [7, 11) is -3.96. The molecular weight excluding hydrogens is 474 g/mol. The number of hydrogen-bond donors (Lipinski definition) is 1. The zero-order valence-electron chi connectivity index (χ0n) is 20.6. The van der Waals surface area contributed by atoms with E-state index in [1.165, 1.54) is 16.4 Å². The van der Waals surface area contributed by atoms with Crippen LogP contribution in [0.4, 0.5) is 5.69 Å². The number of sulfonamides is 1. The molecule has 3 aromatic rings. The fraction of sp³-hybridized carbons (Fsp3) is 0.286. The molecule has 0 atom stereocenters. The van der Waals surface area contributed by atoms with E-state index in [0.717, 1.165) is 35.2 Å². The van der Waals surface area contributed by atoms with Crippen LogP contribution < -0.4 is 9.62 Å². The van der Waals surface area contributed by atoms with Crippen molar-refractivity contribution in [2.45, 2.75) is 44.7 Å². The first-order valence-electron chi connectivity index (χ1n) is 12.0. The molecule has 0 aliphatic carbocycles. The summed E-state index contributed by atoms with van der Waals surface area (Å²) < 4.78 is 28.2. The van der Waals surface area contributed by atoms with Gasteiger partial charge in [-0.25, -0.2) is 8.42 Å². The summed E-state index contributed by atoms with van der Waals surface area (Å²) in [5.74, 6) is -0.241. The molecule has 1 fully saturated rings. The molecule has 0 unspecified atom stereocenters. The van der Waals surface area contributed by atoms with E-state index in [1.54, 1.807) is 24.3 Å². The maximum Gasteiger partial charge on any atom is 0.264 e. The lowest BCUT2D eigenvalue weighted by molar-refractivity contribution is -0.128. The van der Waals surface area contributed by atoms with Crippen molar-refractivity contribution in [1.82, 2.24) is 10.2 Å². The Kier molecular flexibility index (Phi) is 7.74. The molecule has 7 nitrogen and oxygen atoms in total. The average molecular weight is 506 g/mol. The van der Waals surface area contributed by atoms with Crippen molar-refractivity contribution in [1.29, 1.82) is 0 Å². The first-order chi connectivity index (χ1) is 17.2. The molecule has 36 heavy (non-hydrogen) atoms. The number of hydrogen-bond acceptors (Lipinski definition) is 4. The van der Waals surface area contributed by atoms with E-state index in [4.69, 9.17) is 0 Å². The first-order valence-corrected chi connectivity index (χ1v) is 13.5. The van der Waals surface area contributed by atoms with Crippen LogP contribution in [0.25, 0.3) is 0 Å². The Morgan fingerprint density at radius 3 is 2.42 bits per heavy atom. The van der Waals surface area contributed by atoms with Crippen molar-refractivity contribution in [3.8, 4) is 0 Å². The first kappa shape index (κ1) is 25.4. The zero-order valence-corrected chi connectivity index (χ0v) is 21.4. The molecule has 8 heteroatoms. The molecule has 0 bridgehead atoms. The maximum atomic E-state index is 13.5. The lowest BCUT2D eigenvalue weighted by Gasteiger charge is -2.26.